The number of fused-ring (bicyclic) bond motifs is 1. The lowest BCUT2D eigenvalue weighted by Crippen LogP contribution is -2.04. The lowest BCUT2D eigenvalue weighted by molar-refractivity contribution is 0.798. The second kappa shape index (κ2) is 4.98. The van der Waals surface area contributed by atoms with Crippen molar-refractivity contribution in [3.8, 4) is 0 Å². The third-order valence-electron chi connectivity index (χ3n) is 3.97. The molecular weight excluding hydrogens is 312 g/mol. The van der Waals surface area contributed by atoms with Crippen LogP contribution >= 0.6 is 15.9 Å². The maximum Gasteiger partial charge on any atom is 0.0497 e. The van der Waals surface area contributed by atoms with Gasteiger partial charge in [-0.15, -0.1) is 0 Å². The zero-order valence-corrected chi connectivity index (χ0v) is 13.2. The zero-order chi connectivity index (χ0) is 14.3. The monoisotopic (exact) mass is 328 g/mol. The van der Waals surface area contributed by atoms with Crippen molar-refractivity contribution in [1.82, 2.24) is 4.57 Å². The number of hydrogen-bond donors (Lipinski definition) is 1. The van der Waals surface area contributed by atoms with Gasteiger partial charge in [0, 0.05) is 33.3 Å². The third kappa shape index (κ3) is 2.02. The molecule has 102 valence electrons. The average molecular weight is 329 g/mol. The second-order valence-electron chi connectivity index (χ2n) is 5.13. The van der Waals surface area contributed by atoms with Crippen molar-refractivity contribution in [2.24, 2.45) is 0 Å². The third-order valence-corrected chi connectivity index (χ3v) is 4.97. The summed E-state index contributed by atoms with van der Waals surface area (Å²) in [5, 5.41) is 1.26. The van der Waals surface area contributed by atoms with Crippen LogP contribution in [-0.4, -0.2) is 4.57 Å². The molecule has 0 amide bonds. The van der Waals surface area contributed by atoms with E-state index in [1.807, 2.05) is 12.1 Å². The highest BCUT2D eigenvalue weighted by molar-refractivity contribution is 9.10. The molecule has 0 aliphatic carbocycles. The molecule has 0 saturated heterocycles. The molecule has 3 rings (SSSR count). The first-order valence-electron chi connectivity index (χ1n) is 6.67. The Kier molecular flexibility index (Phi) is 3.30. The van der Waals surface area contributed by atoms with Crippen molar-refractivity contribution in [1.29, 1.82) is 0 Å². The Hall–Kier alpha value is -1.74. The van der Waals surface area contributed by atoms with Crippen molar-refractivity contribution in [3.63, 3.8) is 0 Å². The van der Waals surface area contributed by atoms with E-state index in [4.69, 9.17) is 5.73 Å². The van der Waals surface area contributed by atoms with E-state index >= 15 is 0 Å². The fourth-order valence-corrected chi connectivity index (χ4v) is 3.19. The number of nitrogens with two attached hydrogens (primary N) is 1. The summed E-state index contributed by atoms with van der Waals surface area (Å²) in [6, 6.07) is 14.6. The van der Waals surface area contributed by atoms with Gasteiger partial charge in [0.15, 0.2) is 0 Å². The molecule has 0 bridgehead atoms. The lowest BCUT2D eigenvalue weighted by Gasteiger charge is -2.12. The molecule has 0 spiro atoms. The number of rotatable bonds is 2. The first-order valence-corrected chi connectivity index (χ1v) is 7.46. The van der Waals surface area contributed by atoms with Crippen molar-refractivity contribution < 1.29 is 0 Å². The Morgan fingerprint density at radius 1 is 1.05 bits per heavy atom. The molecule has 1 aromatic heterocycles. The van der Waals surface area contributed by atoms with Crippen LogP contribution in [0.2, 0.25) is 0 Å². The van der Waals surface area contributed by atoms with Crippen LogP contribution in [-0.2, 0) is 6.54 Å². The van der Waals surface area contributed by atoms with Gasteiger partial charge in [-0.1, -0.05) is 30.3 Å². The van der Waals surface area contributed by atoms with Gasteiger partial charge in [-0.25, -0.2) is 0 Å². The number of benzene rings is 2. The largest absolute Gasteiger partial charge is 0.399 e. The predicted octanol–water partition coefficient (Wildman–Crippen LogP) is 4.65. The summed E-state index contributed by atoms with van der Waals surface area (Å²) < 4.78 is 3.51. The summed E-state index contributed by atoms with van der Waals surface area (Å²) in [7, 11) is 0. The second-order valence-corrected chi connectivity index (χ2v) is 5.93. The van der Waals surface area contributed by atoms with Crippen LogP contribution in [0.5, 0.6) is 0 Å². The number of aromatic nitrogens is 1. The van der Waals surface area contributed by atoms with Crippen LogP contribution < -0.4 is 5.73 Å². The minimum atomic E-state index is 0.842. The van der Waals surface area contributed by atoms with Crippen molar-refractivity contribution in [2.75, 3.05) is 5.73 Å². The molecule has 2 N–H and O–H groups in total. The number of hydrogen-bond acceptors (Lipinski definition) is 1. The number of anilines is 1. The van der Waals surface area contributed by atoms with E-state index < -0.39 is 0 Å². The van der Waals surface area contributed by atoms with Gasteiger partial charge in [-0.2, -0.15) is 0 Å². The summed E-state index contributed by atoms with van der Waals surface area (Å²) in [6.07, 6.45) is 0. The van der Waals surface area contributed by atoms with E-state index in [-0.39, 0.29) is 0 Å². The first kappa shape index (κ1) is 13.3. The van der Waals surface area contributed by atoms with Crippen LogP contribution in [0.4, 0.5) is 5.69 Å². The molecule has 0 aliphatic heterocycles. The fraction of sp³-hybridized carbons (Fsp3) is 0.176. The van der Waals surface area contributed by atoms with E-state index in [1.165, 1.54) is 32.2 Å². The van der Waals surface area contributed by atoms with Gasteiger partial charge in [0.1, 0.15) is 0 Å². The Morgan fingerprint density at radius 3 is 2.60 bits per heavy atom. The van der Waals surface area contributed by atoms with E-state index in [0.717, 1.165) is 12.2 Å². The quantitative estimate of drug-likeness (QED) is 0.682. The molecule has 3 heteroatoms. The highest BCUT2D eigenvalue weighted by atomic mass is 79.9. The smallest absolute Gasteiger partial charge is 0.0497 e. The van der Waals surface area contributed by atoms with Gasteiger partial charge in [0.2, 0.25) is 0 Å². The van der Waals surface area contributed by atoms with Crippen molar-refractivity contribution in [2.45, 2.75) is 20.4 Å². The Balaban J connectivity index is 2.16. The Morgan fingerprint density at radius 2 is 1.80 bits per heavy atom. The van der Waals surface area contributed by atoms with Gasteiger partial charge in [0.25, 0.3) is 0 Å². The SMILES string of the molecule is Cc1c(N)cccc1Cn1c(C)c(Br)c2ccccc21. The van der Waals surface area contributed by atoms with Gasteiger partial charge in [-0.3, -0.25) is 0 Å². The average Bonchev–Trinajstić information content (AvgIpc) is 2.69. The summed E-state index contributed by atoms with van der Waals surface area (Å²) in [4.78, 5) is 0. The zero-order valence-electron chi connectivity index (χ0n) is 11.7. The number of nitrogens with zero attached hydrogens (tertiary/aromatic N) is 1. The molecule has 0 unspecified atom stereocenters. The van der Waals surface area contributed by atoms with Gasteiger partial charge in [-0.05, 0) is 53.0 Å². The molecule has 20 heavy (non-hydrogen) atoms. The van der Waals surface area contributed by atoms with Crippen LogP contribution in [0, 0.1) is 13.8 Å². The van der Waals surface area contributed by atoms with Crippen LogP contribution in [0.1, 0.15) is 16.8 Å². The minimum Gasteiger partial charge on any atom is -0.399 e. The number of halogens is 1. The summed E-state index contributed by atoms with van der Waals surface area (Å²) in [5.74, 6) is 0. The van der Waals surface area contributed by atoms with E-state index in [2.05, 4.69) is 64.7 Å². The first-order chi connectivity index (χ1) is 9.59. The molecule has 0 aliphatic rings. The van der Waals surface area contributed by atoms with Crippen molar-refractivity contribution in [3.05, 3.63) is 63.8 Å². The fourth-order valence-electron chi connectivity index (χ4n) is 2.64. The maximum absolute atomic E-state index is 6.01. The summed E-state index contributed by atoms with van der Waals surface area (Å²) >= 11 is 3.70. The van der Waals surface area contributed by atoms with Gasteiger partial charge in [0.05, 0.1) is 0 Å². The highest BCUT2D eigenvalue weighted by Crippen LogP contribution is 2.31. The molecule has 2 nitrogen and oxygen atoms in total. The Labute approximate surface area is 127 Å². The van der Waals surface area contributed by atoms with Crippen molar-refractivity contribution >= 4 is 32.5 Å². The van der Waals surface area contributed by atoms with Crippen LogP contribution in [0.3, 0.4) is 0 Å². The maximum atomic E-state index is 6.01. The summed E-state index contributed by atoms with van der Waals surface area (Å²) in [6.45, 7) is 5.07. The molecule has 3 aromatic rings. The van der Waals surface area contributed by atoms with E-state index in [9.17, 15) is 0 Å². The molecule has 0 atom stereocenters. The van der Waals surface area contributed by atoms with Gasteiger partial charge < -0.3 is 10.3 Å². The molecule has 0 saturated carbocycles. The topological polar surface area (TPSA) is 30.9 Å². The number of nitrogen functional groups attached to an aromatic ring is 1. The van der Waals surface area contributed by atoms with Crippen LogP contribution in [0.25, 0.3) is 10.9 Å². The molecule has 1 heterocycles. The lowest BCUT2D eigenvalue weighted by atomic mass is 10.1. The molecule has 0 radical (unpaired) electrons. The summed E-state index contributed by atoms with van der Waals surface area (Å²) in [5.41, 5.74) is 11.8. The Bertz CT molecular complexity index is 787. The molecular formula is C17H17BrN2. The van der Waals surface area contributed by atoms with Crippen LogP contribution in [0.15, 0.2) is 46.9 Å². The normalized spacial score (nSPS) is 11.2. The van der Waals surface area contributed by atoms with E-state index in [1.54, 1.807) is 0 Å². The minimum absolute atomic E-state index is 0.842. The van der Waals surface area contributed by atoms with Gasteiger partial charge >= 0.3 is 0 Å². The predicted molar refractivity (Wildman–Crippen MR) is 89.1 cm³/mol. The van der Waals surface area contributed by atoms with E-state index in [0.29, 0.717) is 0 Å². The molecule has 0 fully saturated rings. The molecule has 2 aromatic carbocycles. The highest BCUT2D eigenvalue weighted by Gasteiger charge is 2.12. The number of para-hydroxylation sites is 1. The standard InChI is InChI=1S/C17H17BrN2/c1-11-13(6-5-8-15(11)19)10-20-12(2)17(18)14-7-3-4-9-16(14)20/h3-9H,10,19H2,1-2H3.